The summed E-state index contributed by atoms with van der Waals surface area (Å²) in [5, 5.41) is 0. The molecule has 0 aliphatic rings. The number of pyridine rings is 1. The molecule has 0 unspecified atom stereocenters. The molecule has 2 rings (SSSR count). The van der Waals surface area contributed by atoms with Crippen molar-refractivity contribution in [2.45, 2.75) is 13.3 Å². The lowest BCUT2D eigenvalue weighted by Crippen LogP contribution is -2.32. The van der Waals surface area contributed by atoms with E-state index in [1.165, 1.54) is 0 Å². The van der Waals surface area contributed by atoms with Gasteiger partial charge >= 0.3 is 0 Å². The summed E-state index contributed by atoms with van der Waals surface area (Å²) in [6, 6.07) is 11.3. The zero-order chi connectivity index (χ0) is 14.5. The first-order valence-electron chi connectivity index (χ1n) is 6.36. The van der Waals surface area contributed by atoms with E-state index in [-0.39, 0.29) is 5.91 Å². The van der Waals surface area contributed by atoms with E-state index in [0.29, 0.717) is 24.5 Å². The second-order valence-corrected chi connectivity index (χ2v) is 5.31. The molecule has 2 N–H and O–H groups in total. The summed E-state index contributed by atoms with van der Waals surface area (Å²) < 4.78 is 0.969. The van der Waals surface area contributed by atoms with Crippen LogP contribution in [0.1, 0.15) is 12.5 Å². The molecular formula is C15H16BrN3O. The van der Waals surface area contributed by atoms with Crippen LogP contribution in [-0.4, -0.2) is 17.4 Å². The molecule has 0 atom stereocenters. The number of benzene rings is 1. The van der Waals surface area contributed by atoms with Gasteiger partial charge in [0.1, 0.15) is 5.82 Å². The zero-order valence-corrected chi connectivity index (χ0v) is 12.8. The van der Waals surface area contributed by atoms with Gasteiger partial charge < -0.3 is 5.73 Å². The van der Waals surface area contributed by atoms with E-state index < -0.39 is 0 Å². The van der Waals surface area contributed by atoms with Gasteiger partial charge in [-0.25, -0.2) is 4.98 Å². The van der Waals surface area contributed by atoms with E-state index in [1.54, 1.807) is 23.2 Å². The Labute approximate surface area is 126 Å². The van der Waals surface area contributed by atoms with Crippen LogP contribution in [-0.2, 0) is 11.2 Å². The third kappa shape index (κ3) is 3.57. The highest BCUT2D eigenvalue weighted by Gasteiger charge is 2.15. The average Bonchev–Trinajstić information content (AvgIpc) is 2.42. The number of aromatic nitrogens is 1. The number of amides is 1. The molecular weight excluding hydrogens is 318 g/mol. The predicted octanol–water partition coefficient (Wildman–Crippen LogP) is 3.02. The number of halogens is 1. The Morgan fingerprint density at radius 2 is 2.15 bits per heavy atom. The lowest BCUT2D eigenvalue weighted by atomic mass is 10.1. The number of rotatable bonds is 4. The Bertz CT molecular complexity index is 598. The molecule has 0 aliphatic carbocycles. The number of nitrogen functional groups attached to an aromatic ring is 1. The van der Waals surface area contributed by atoms with Crippen molar-refractivity contribution in [1.29, 1.82) is 0 Å². The summed E-state index contributed by atoms with van der Waals surface area (Å²) in [6.45, 7) is 2.50. The van der Waals surface area contributed by atoms with E-state index in [0.717, 1.165) is 10.0 Å². The van der Waals surface area contributed by atoms with E-state index in [4.69, 9.17) is 5.73 Å². The Kier molecular flexibility index (Phi) is 4.74. The standard InChI is InChI=1S/C15H16BrN3O/c1-2-19(14-7-6-13(17)10-18-14)15(20)9-11-4-3-5-12(16)8-11/h3-8,10H,2,9,17H2,1H3. The molecule has 1 aromatic heterocycles. The fourth-order valence-corrected chi connectivity index (χ4v) is 2.39. The number of nitrogens with two attached hydrogens (primary N) is 1. The van der Waals surface area contributed by atoms with E-state index in [1.807, 2.05) is 31.2 Å². The van der Waals surface area contributed by atoms with Crippen LogP contribution in [0.15, 0.2) is 47.1 Å². The van der Waals surface area contributed by atoms with E-state index in [2.05, 4.69) is 20.9 Å². The minimum absolute atomic E-state index is 0.0165. The normalized spacial score (nSPS) is 10.3. The molecule has 4 nitrogen and oxygen atoms in total. The van der Waals surface area contributed by atoms with Crippen LogP contribution in [0, 0.1) is 0 Å². The van der Waals surface area contributed by atoms with Crippen molar-refractivity contribution in [2.24, 2.45) is 0 Å². The maximum absolute atomic E-state index is 12.4. The van der Waals surface area contributed by atoms with Gasteiger partial charge in [-0.1, -0.05) is 28.1 Å². The van der Waals surface area contributed by atoms with Gasteiger partial charge in [-0.15, -0.1) is 0 Å². The van der Waals surface area contributed by atoms with Crippen LogP contribution in [0.2, 0.25) is 0 Å². The topological polar surface area (TPSA) is 59.2 Å². The van der Waals surface area contributed by atoms with Crippen molar-refractivity contribution < 1.29 is 4.79 Å². The summed E-state index contributed by atoms with van der Waals surface area (Å²) in [5.74, 6) is 0.643. The van der Waals surface area contributed by atoms with Gasteiger partial charge in [0.15, 0.2) is 0 Å². The van der Waals surface area contributed by atoms with Gasteiger partial charge in [-0.3, -0.25) is 9.69 Å². The number of anilines is 2. The molecule has 2 aromatic rings. The maximum atomic E-state index is 12.4. The molecule has 0 bridgehead atoms. The Morgan fingerprint density at radius 1 is 1.35 bits per heavy atom. The third-order valence-corrected chi connectivity index (χ3v) is 3.40. The van der Waals surface area contributed by atoms with E-state index >= 15 is 0 Å². The van der Waals surface area contributed by atoms with Crippen LogP contribution < -0.4 is 10.6 Å². The Hall–Kier alpha value is -1.88. The fraction of sp³-hybridized carbons (Fsp3) is 0.200. The molecule has 0 fully saturated rings. The minimum Gasteiger partial charge on any atom is -0.397 e. The SMILES string of the molecule is CCN(C(=O)Cc1cccc(Br)c1)c1ccc(N)cn1. The monoisotopic (exact) mass is 333 g/mol. The van der Waals surface area contributed by atoms with Gasteiger partial charge in [-0.2, -0.15) is 0 Å². The molecule has 1 amide bonds. The Balaban J connectivity index is 2.15. The molecule has 0 radical (unpaired) electrons. The zero-order valence-electron chi connectivity index (χ0n) is 11.2. The van der Waals surface area contributed by atoms with Crippen molar-refractivity contribution >= 4 is 33.3 Å². The van der Waals surface area contributed by atoms with Crippen molar-refractivity contribution in [1.82, 2.24) is 4.98 Å². The highest BCUT2D eigenvalue weighted by atomic mass is 79.9. The van der Waals surface area contributed by atoms with Gasteiger partial charge in [0, 0.05) is 11.0 Å². The first kappa shape index (κ1) is 14.5. The van der Waals surface area contributed by atoms with Crippen molar-refractivity contribution in [2.75, 3.05) is 17.2 Å². The van der Waals surface area contributed by atoms with Crippen LogP contribution in [0.3, 0.4) is 0 Å². The molecule has 104 valence electrons. The summed E-state index contributed by atoms with van der Waals surface area (Å²) >= 11 is 3.41. The second-order valence-electron chi connectivity index (χ2n) is 4.39. The van der Waals surface area contributed by atoms with Crippen molar-refractivity contribution in [3.05, 3.63) is 52.6 Å². The van der Waals surface area contributed by atoms with Gasteiger partial charge in [0.05, 0.1) is 18.3 Å². The number of nitrogens with zero attached hydrogens (tertiary/aromatic N) is 2. The van der Waals surface area contributed by atoms with Gasteiger partial charge in [0.2, 0.25) is 5.91 Å². The highest BCUT2D eigenvalue weighted by molar-refractivity contribution is 9.10. The molecule has 1 heterocycles. The summed E-state index contributed by atoms with van der Waals surface area (Å²) in [6.07, 6.45) is 1.91. The molecule has 5 heteroatoms. The quantitative estimate of drug-likeness (QED) is 0.935. The smallest absolute Gasteiger partial charge is 0.232 e. The number of carbonyl (C=O) groups is 1. The second kappa shape index (κ2) is 6.52. The largest absolute Gasteiger partial charge is 0.397 e. The van der Waals surface area contributed by atoms with Gasteiger partial charge in [-0.05, 0) is 36.8 Å². The number of hydrogen-bond donors (Lipinski definition) is 1. The highest BCUT2D eigenvalue weighted by Crippen LogP contribution is 2.16. The summed E-state index contributed by atoms with van der Waals surface area (Å²) in [4.78, 5) is 18.2. The first-order valence-corrected chi connectivity index (χ1v) is 7.15. The fourth-order valence-electron chi connectivity index (χ4n) is 1.94. The van der Waals surface area contributed by atoms with Crippen LogP contribution in [0.4, 0.5) is 11.5 Å². The summed E-state index contributed by atoms with van der Waals surface area (Å²) in [7, 11) is 0. The third-order valence-electron chi connectivity index (χ3n) is 2.91. The molecule has 0 saturated heterocycles. The van der Waals surface area contributed by atoms with Crippen LogP contribution in [0.5, 0.6) is 0 Å². The molecule has 0 saturated carbocycles. The summed E-state index contributed by atoms with van der Waals surface area (Å²) in [5.41, 5.74) is 7.17. The van der Waals surface area contributed by atoms with E-state index in [9.17, 15) is 4.79 Å². The number of likely N-dealkylation sites (N-methyl/N-ethyl adjacent to an activating group) is 1. The predicted molar refractivity (Wildman–Crippen MR) is 84.5 cm³/mol. The lowest BCUT2D eigenvalue weighted by Gasteiger charge is -2.20. The average molecular weight is 334 g/mol. The van der Waals surface area contributed by atoms with Crippen molar-refractivity contribution in [3.63, 3.8) is 0 Å². The molecule has 1 aromatic carbocycles. The van der Waals surface area contributed by atoms with Gasteiger partial charge in [0.25, 0.3) is 0 Å². The first-order chi connectivity index (χ1) is 9.60. The Morgan fingerprint density at radius 3 is 2.75 bits per heavy atom. The van der Waals surface area contributed by atoms with Crippen LogP contribution in [0.25, 0.3) is 0 Å². The lowest BCUT2D eigenvalue weighted by molar-refractivity contribution is -0.118. The van der Waals surface area contributed by atoms with Crippen LogP contribution >= 0.6 is 15.9 Å². The number of carbonyl (C=O) groups excluding carboxylic acids is 1. The molecule has 20 heavy (non-hydrogen) atoms. The number of hydrogen-bond acceptors (Lipinski definition) is 3. The minimum atomic E-state index is 0.0165. The molecule has 0 aliphatic heterocycles. The maximum Gasteiger partial charge on any atom is 0.232 e. The van der Waals surface area contributed by atoms with Crippen molar-refractivity contribution in [3.8, 4) is 0 Å². The molecule has 0 spiro atoms.